The third kappa shape index (κ3) is 3.51. The zero-order valence-corrected chi connectivity index (χ0v) is 12.6. The van der Waals surface area contributed by atoms with Gasteiger partial charge in [0.2, 0.25) is 11.8 Å². The molecule has 1 heterocycles. The molecule has 0 aromatic rings. The van der Waals surface area contributed by atoms with Gasteiger partial charge >= 0.3 is 0 Å². The number of rotatable bonds is 5. The molecule has 2 rings (SSSR count). The van der Waals surface area contributed by atoms with Gasteiger partial charge in [-0.05, 0) is 32.1 Å². The number of carbonyl (C=O) groups excluding carboxylic acids is 2. The van der Waals surface area contributed by atoms with Gasteiger partial charge in [-0.25, -0.2) is 0 Å². The van der Waals surface area contributed by atoms with E-state index in [0.29, 0.717) is 12.5 Å². The summed E-state index contributed by atoms with van der Waals surface area (Å²) >= 11 is 0. The van der Waals surface area contributed by atoms with Crippen molar-refractivity contribution in [2.45, 2.75) is 57.5 Å². The first-order valence-corrected chi connectivity index (χ1v) is 7.72. The van der Waals surface area contributed by atoms with Crippen molar-refractivity contribution in [1.82, 2.24) is 10.2 Å². The maximum atomic E-state index is 12.6. The Morgan fingerprint density at radius 3 is 2.65 bits per heavy atom. The van der Waals surface area contributed by atoms with E-state index in [-0.39, 0.29) is 30.4 Å². The van der Waals surface area contributed by atoms with E-state index in [1.165, 1.54) is 19.3 Å². The molecule has 2 fully saturated rings. The second kappa shape index (κ2) is 7.07. The topological polar surface area (TPSA) is 58.6 Å². The van der Waals surface area contributed by atoms with Crippen molar-refractivity contribution < 1.29 is 14.3 Å². The van der Waals surface area contributed by atoms with Gasteiger partial charge in [0.15, 0.2) is 0 Å². The number of nitrogens with zero attached hydrogens (tertiary/aromatic N) is 1. The number of carbonyl (C=O) groups is 2. The Bertz CT molecular complexity index is 353. The molecule has 0 bridgehead atoms. The first kappa shape index (κ1) is 15.3. The third-order valence-electron chi connectivity index (χ3n) is 4.57. The normalized spacial score (nSPS) is 26.5. The summed E-state index contributed by atoms with van der Waals surface area (Å²) in [4.78, 5) is 26.3. The summed E-state index contributed by atoms with van der Waals surface area (Å²) in [7, 11) is 1.66. The van der Waals surface area contributed by atoms with Crippen molar-refractivity contribution in [1.29, 1.82) is 0 Å². The number of methoxy groups -OCH3 is 1. The van der Waals surface area contributed by atoms with Crippen LogP contribution in [0.3, 0.4) is 0 Å². The van der Waals surface area contributed by atoms with Gasteiger partial charge < -0.3 is 15.0 Å². The fraction of sp³-hybridized carbons (Fsp3) is 0.867. The maximum Gasteiger partial charge on any atom is 0.246 e. The highest BCUT2D eigenvalue weighted by Gasteiger charge is 2.39. The van der Waals surface area contributed by atoms with E-state index in [0.717, 1.165) is 19.3 Å². The summed E-state index contributed by atoms with van der Waals surface area (Å²) in [5.74, 6) is 0.391. The van der Waals surface area contributed by atoms with Crippen molar-refractivity contribution in [2.75, 3.05) is 20.3 Å². The van der Waals surface area contributed by atoms with Crippen LogP contribution in [0.4, 0.5) is 0 Å². The number of hydrogen-bond donors (Lipinski definition) is 1. The Hall–Kier alpha value is -1.10. The number of piperazine rings is 1. The highest BCUT2D eigenvalue weighted by atomic mass is 16.5. The maximum absolute atomic E-state index is 12.6. The van der Waals surface area contributed by atoms with Gasteiger partial charge in [0.25, 0.3) is 0 Å². The lowest BCUT2D eigenvalue weighted by Gasteiger charge is -2.40. The van der Waals surface area contributed by atoms with Crippen molar-refractivity contribution in [3.8, 4) is 0 Å². The summed E-state index contributed by atoms with van der Waals surface area (Å²) < 4.78 is 5.07. The zero-order valence-electron chi connectivity index (χ0n) is 12.6. The summed E-state index contributed by atoms with van der Waals surface area (Å²) in [6, 6.07) is -0.249. The fourth-order valence-corrected chi connectivity index (χ4v) is 3.30. The van der Waals surface area contributed by atoms with Crippen LogP contribution >= 0.6 is 0 Å². The van der Waals surface area contributed by atoms with Crippen molar-refractivity contribution in [2.24, 2.45) is 5.92 Å². The van der Waals surface area contributed by atoms with E-state index in [2.05, 4.69) is 5.32 Å². The largest absolute Gasteiger partial charge is 0.385 e. The highest BCUT2D eigenvalue weighted by molar-refractivity contribution is 5.95. The Kier molecular flexibility index (Phi) is 5.40. The van der Waals surface area contributed by atoms with Crippen LogP contribution < -0.4 is 5.32 Å². The molecule has 0 spiro atoms. The average molecular weight is 282 g/mol. The van der Waals surface area contributed by atoms with Gasteiger partial charge in [-0.1, -0.05) is 19.3 Å². The van der Waals surface area contributed by atoms with E-state index >= 15 is 0 Å². The molecule has 1 saturated carbocycles. The lowest BCUT2D eigenvalue weighted by molar-refractivity contribution is -0.148. The monoisotopic (exact) mass is 282 g/mol. The molecule has 20 heavy (non-hydrogen) atoms. The second-order valence-corrected chi connectivity index (χ2v) is 6.04. The van der Waals surface area contributed by atoms with Crippen LogP contribution in [0.5, 0.6) is 0 Å². The lowest BCUT2D eigenvalue weighted by atomic mass is 9.82. The van der Waals surface area contributed by atoms with Gasteiger partial charge in [0.05, 0.1) is 6.54 Å². The quantitative estimate of drug-likeness (QED) is 0.827. The van der Waals surface area contributed by atoms with Crippen molar-refractivity contribution in [3.63, 3.8) is 0 Å². The molecule has 0 radical (unpaired) electrons. The Morgan fingerprint density at radius 1 is 1.30 bits per heavy atom. The Balaban J connectivity index is 2.02. The predicted molar refractivity (Wildman–Crippen MR) is 76.2 cm³/mol. The number of amides is 2. The third-order valence-corrected chi connectivity index (χ3v) is 4.57. The second-order valence-electron chi connectivity index (χ2n) is 6.04. The molecule has 5 heteroatoms. The summed E-state index contributed by atoms with van der Waals surface area (Å²) in [5, 5.41) is 2.92. The molecule has 114 valence electrons. The zero-order chi connectivity index (χ0) is 14.5. The van der Waals surface area contributed by atoms with Crippen LogP contribution in [0.25, 0.3) is 0 Å². The molecule has 1 aliphatic carbocycles. The van der Waals surface area contributed by atoms with Crippen LogP contribution in [0, 0.1) is 5.92 Å². The molecule has 2 aliphatic rings. The van der Waals surface area contributed by atoms with E-state index in [1.54, 1.807) is 12.0 Å². The lowest BCUT2D eigenvalue weighted by Crippen LogP contribution is -2.62. The molecule has 1 aliphatic heterocycles. The first-order valence-electron chi connectivity index (χ1n) is 7.72. The minimum atomic E-state index is -0.304. The van der Waals surface area contributed by atoms with E-state index in [4.69, 9.17) is 4.74 Å². The van der Waals surface area contributed by atoms with E-state index in [1.807, 2.05) is 6.92 Å². The Labute approximate surface area is 121 Å². The summed E-state index contributed by atoms with van der Waals surface area (Å²) in [6.07, 6.45) is 6.47. The number of hydrogen-bond acceptors (Lipinski definition) is 3. The molecule has 1 N–H and O–H groups in total. The number of ether oxygens (including phenoxy) is 1. The van der Waals surface area contributed by atoms with Crippen LogP contribution in [-0.2, 0) is 14.3 Å². The van der Waals surface area contributed by atoms with E-state index < -0.39 is 0 Å². The van der Waals surface area contributed by atoms with E-state index in [9.17, 15) is 9.59 Å². The summed E-state index contributed by atoms with van der Waals surface area (Å²) in [6.45, 7) is 2.79. The molecule has 0 aromatic carbocycles. The highest BCUT2D eigenvalue weighted by Crippen LogP contribution is 2.29. The van der Waals surface area contributed by atoms with Gasteiger partial charge in [0.1, 0.15) is 6.04 Å². The fourth-order valence-electron chi connectivity index (χ4n) is 3.30. The minimum Gasteiger partial charge on any atom is -0.385 e. The molecule has 1 saturated heterocycles. The smallest absolute Gasteiger partial charge is 0.246 e. The summed E-state index contributed by atoms with van der Waals surface area (Å²) in [5.41, 5.74) is 0. The molecular formula is C15H26N2O3. The molecule has 2 unspecified atom stereocenters. The number of nitrogens with one attached hydrogen (secondary N) is 1. The molecule has 2 atom stereocenters. The molecule has 0 aromatic heterocycles. The average Bonchev–Trinajstić information content (AvgIpc) is 2.47. The molecule has 5 nitrogen and oxygen atoms in total. The van der Waals surface area contributed by atoms with Gasteiger partial charge in [-0.2, -0.15) is 0 Å². The Morgan fingerprint density at radius 2 is 2.00 bits per heavy atom. The van der Waals surface area contributed by atoms with Crippen molar-refractivity contribution in [3.05, 3.63) is 0 Å². The van der Waals surface area contributed by atoms with Gasteiger partial charge in [0, 0.05) is 19.8 Å². The van der Waals surface area contributed by atoms with Gasteiger partial charge in [-0.3, -0.25) is 9.59 Å². The predicted octanol–water partition coefficient (Wildman–Crippen LogP) is 1.32. The SMILES string of the molecule is COCCC(C)N1CC(=O)NC(C2CCCCC2)C1=O. The first-order chi connectivity index (χ1) is 9.63. The molecule has 2 amide bonds. The standard InChI is InChI=1S/C15H26N2O3/c1-11(8-9-20-2)17-10-13(18)16-14(15(17)19)12-6-4-3-5-7-12/h11-12,14H,3-10H2,1-2H3,(H,16,18). The van der Waals surface area contributed by atoms with Crippen molar-refractivity contribution >= 4 is 11.8 Å². The van der Waals surface area contributed by atoms with Crippen LogP contribution in [0.2, 0.25) is 0 Å². The van der Waals surface area contributed by atoms with Gasteiger partial charge in [-0.15, -0.1) is 0 Å². The minimum absolute atomic E-state index is 0.0237. The molecular weight excluding hydrogens is 256 g/mol. The van der Waals surface area contributed by atoms with Crippen LogP contribution in [0.15, 0.2) is 0 Å². The van der Waals surface area contributed by atoms with Crippen LogP contribution in [0.1, 0.15) is 45.4 Å². The van der Waals surface area contributed by atoms with Crippen LogP contribution in [-0.4, -0.2) is 49.1 Å².